The normalized spacial score (nSPS) is 15.3. The van der Waals surface area contributed by atoms with E-state index in [2.05, 4.69) is 0 Å². The molecule has 1 aliphatic heterocycles. The van der Waals surface area contributed by atoms with Crippen LogP contribution in [0.4, 0.5) is 4.39 Å². The lowest BCUT2D eigenvalue weighted by Gasteiger charge is -2.32. The van der Waals surface area contributed by atoms with Crippen molar-refractivity contribution in [2.75, 3.05) is 20.2 Å². The van der Waals surface area contributed by atoms with Crippen molar-refractivity contribution >= 4 is 27.3 Å². The molecule has 1 aliphatic rings. The first-order chi connectivity index (χ1) is 13.8. The third kappa shape index (κ3) is 4.90. The van der Waals surface area contributed by atoms with E-state index in [0.29, 0.717) is 42.3 Å². The van der Waals surface area contributed by atoms with Crippen LogP contribution in [0.25, 0.3) is 0 Å². The van der Waals surface area contributed by atoms with Crippen LogP contribution in [-0.4, -0.2) is 44.7 Å². The van der Waals surface area contributed by atoms with E-state index in [4.69, 9.17) is 16.3 Å². The number of methoxy groups -OCH3 is 1. The number of rotatable bonds is 6. The van der Waals surface area contributed by atoms with E-state index in [-0.39, 0.29) is 23.6 Å². The Morgan fingerprint density at radius 1 is 1.17 bits per heavy atom. The highest BCUT2D eigenvalue weighted by Crippen LogP contribution is 2.27. The number of piperidine rings is 1. The fourth-order valence-electron chi connectivity index (χ4n) is 3.53. The van der Waals surface area contributed by atoms with Gasteiger partial charge in [0.05, 0.1) is 17.3 Å². The van der Waals surface area contributed by atoms with Gasteiger partial charge < -0.3 is 9.64 Å². The molecule has 0 bridgehead atoms. The molecular weight excluding hydrogens is 417 g/mol. The molecule has 2 aromatic carbocycles. The summed E-state index contributed by atoms with van der Waals surface area (Å²) in [5.41, 5.74) is 0.333. The maximum atomic E-state index is 13.9. The first-order valence-corrected chi connectivity index (χ1v) is 11.3. The molecule has 0 spiro atoms. The minimum absolute atomic E-state index is 0.121. The fourth-order valence-corrected chi connectivity index (χ4v) is 5.52. The molecule has 156 valence electrons. The molecule has 0 radical (unpaired) electrons. The van der Waals surface area contributed by atoms with Gasteiger partial charge in [-0.15, -0.1) is 0 Å². The Kier molecular flexibility index (Phi) is 6.80. The van der Waals surface area contributed by atoms with Crippen molar-refractivity contribution in [3.8, 4) is 5.75 Å². The third-order valence-corrected chi connectivity index (χ3v) is 7.90. The second kappa shape index (κ2) is 9.13. The van der Waals surface area contributed by atoms with Gasteiger partial charge >= 0.3 is 0 Å². The lowest BCUT2D eigenvalue weighted by Crippen LogP contribution is -2.42. The van der Waals surface area contributed by atoms with Crippen LogP contribution in [0.1, 0.15) is 24.8 Å². The van der Waals surface area contributed by atoms with Gasteiger partial charge in [0.2, 0.25) is 5.91 Å². The Bertz CT molecular complexity index is 950. The third-order valence-electron chi connectivity index (χ3n) is 5.27. The average molecular weight is 440 g/mol. The van der Waals surface area contributed by atoms with Crippen LogP contribution in [0.3, 0.4) is 0 Å². The Morgan fingerprint density at radius 2 is 1.83 bits per heavy atom. The van der Waals surface area contributed by atoms with Gasteiger partial charge in [0.1, 0.15) is 11.6 Å². The average Bonchev–Trinajstić information content (AvgIpc) is 2.73. The quantitative estimate of drug-likeness (QED) is 0.685. The van der Waals surface area contributed by atoms with Crippen molar-refractivity contribution in [2.45, 2.75) is 35.8 Å². The summed E-state index contributed by atoms with van der Waals surface area (Å²) >= 11 is 6.01. The van der Waals surface area contributed by atoms with Crippen LogP contribution in [0, 0.1) is 5.82 Å². The lowest BCUT2D eigenvalue weighted by atomic mass is 10.1. The smallest absolute Gasteiger partial charge is 0.222 e. The molecule has 1 heterocycles. The molecule has 1 amide bonds. The van der Waals surface area contributed by atoms with Gasteiger partial charge in [0.15, 0.2) is 9.84 Å². The molecule has 8 heteroatoms. The number of ether oxygens (including phenoxy) is 1. The number of likely N-dealkylation sites (tertiary alicyclic amines) is 1. The minimum atomic E-state index is -3.46. The Hall–Kier alpha value is -2.12. The molecule has 0 aliphatic carbocycles. The summed E-state index contributed by atoms with van der Waals surface area (Å²) in [6.07, 6.45) is 1.10. The maximum Gasteiger partial charge on any atom is 0.222 e. The zero-order chi connectivity index (χ0) is 21.0. The van der Waals surface area contributed by atoms with E-state index in [1.807, 2.05) is 0 Å². The fraction of sp³-hybridized carbons (Fsp3) is 0.381. The van der Waals surface area contributed by atoms with Crippen LogP contribution >= 0.6 is 11.6 Å². The molecule has 29 heavy (non-hydrogen) atoms. The van der Waals surface area contributed by atoms with Gasteiger partial charge in [-0.3, -0.25) is 4.79 Å². The predicted octanol–water partition coefficient (Wildman–Crippen LogP) is 3.89. The van der Waals surface area contributed by atoms with Crippen LogP contribution < -0.4 is 4.74 Å². The number of amides is 1. The molecule has 1 saturated heterocycles. The van der Waals surface area contributed by atoms with Crippen molar-refractivity contribution < 1.29 is 22.3 Å². The van der Waals surface area contributed by atoms with Crippen LogP contribution in [0.15, 0.2) is 47.4 Å². The number of hydrogen-bond donors (Lipinski definition) is 0. The Balaban J connectivity index is 1.57. The van der Waals surface area contributed by atoms with Crippen LogP contribution in [0.2, 0.25) is 5.02 Å². The first-order valence-electron chi connectivity index (χ1n) is 9.41. The number of carbonyl (C=O) groups is 1. The summed E-state index contributed by atoms with van der Waals surface area (Å²) in [6, 6.07) is 10.8. The summed E-state index contributed by atoms with van der Waals surface area (Å²) in [4.78, 5) is 14.4. The molecule has 0 N–H and O–H groups in total. The topological polar surface area (TPSA) is 63.7 Å². The lowest BCUT2D eigenvalue weighted by molar-refractivity contribution is -0.132. The monoisotopic (exact) mass is 439 g/mol. The summed E-state index contributed by atoms with van der Waals surface area (Å²) in [5, 5.41) is -0.219. The molecule has 5 nitrogen and oxygen atoms in total. The van der Waals surface area contributed by atoms with Gasteiger partial charge in [-0.05, 0) is 55.7 Å². The number of carbonyl (C=O) groups excluding carboxylic acids is 1. The van der Waals surface area contributed by atoms with Crippen molar-refractivity contribution in [2.24, 2.45) is 0 Å². The number of hydrogen-bond acceptors (Lipinski definition) is 4. The molecular formula is C21H23ClFNO4S. The molecule has 2 aromatic rings. The van der Waals surface area contributed by atoms with E-state index < -0.39 is 20.9 Å². The molecule has 3 rings (SSSR count). The number of nitrogens with zero attached hydrogens (tertiary/aromatic N) is 1. The summed E-state index contributed by atoms with van der Waals surface area (Å²) in [7, 11) is -1.94. The van der Waals surface area contributed by atoms with Crippen LogP contribution in [0.5, 0.6) is 5.75 Å². The standard InChI is InChI=1S/C21H23ClFNO4S/c1-28-15-5-7-16(8-6-15)29(26,27)17-11-13-24(14-12-17)21(25)10-9-18-19(22)3-2-4-20(18)23/h2-8,17H,9-14H2,1H3. The zero-order valence-corrected chi connectivity index (χ0v) is 17.7. The molecule has 0 aromatic heterocycles. The van der Waals surface area contributed by atoms with E-state index in [1.54, 1.807) is 35.2 Å². The van der Waals surface area contributed by atoms with Crippen molar-refractivity contribution in [1.82, 2.24) is 4.90 Å². The molecule has 1 fully saturated rings. The summed E-state index contributed by atoms with van der Waals surface area (Å²) in [6.45, 7) is 0.730. The number of benzene rings is 2. The highest BCUT2D eigenvalue weighted by molar-refractivity contribution is 7.92. The van der Waals surface area contributed by atoms with Gasteiger partial charge in [-0.1, -0.05) is 17.7 Å². The highest BCUT2D eigenvalue weighted by Gasteiger charge is 2.32. The molecule has 0 saturated carbocycles. The van der Waals surface area contributed by atoms with Gasteiger partial charge in [-0.25, -0.2) is 12.8 Å². The van der Waals surface area contributed by atoms with Gasteiger partial charge in [-0.2, -0.15) is 0 Å². The first kappa shape index (κ1) is 21.6. The highest BCUT2D eigenvalue weighted by atomic mass is 35.5. The van der Waals surface area contributed by atoms with Crippen molar-refractivity contribution in [3.05, 3.63) is 58.9 Å². The minimum Gasteiger partial charge on any atom is -0.497 e. The molecule has 0 atom stereocenters. The van der Waals surface area contributed by atoms with E-state index in [9.17, 15) is 17.6 Å². The zero-order valence-electron chi connectivity index (χ0n) is 16.1. The maximum absolute atomic E-state index is 13.9. The number of halogens is 2. The molecule has 0 unspecified atom stereocenters. The second-order valence-electron chi connectivity index (χ2n) is 7.00. The predicted molar refractivity (Wildman–Crippen MR) is 110 cm³/mol. The van der Waals surface area contributed by atoms with E-state index >= 15 is 0 Å². The van der Waals surface area contributed by atoms with E-state index in [1.165, 1.54) is 19.2 Å². The Morgan fingerprint density at radius 3 is 2.41 bits per heavy atom. The van der Waals surface area contributed by atoms with Gasteiger partial charge in [0.25, 0.3) is 0 Å². The largest absolute Gasteiger partial charge is 0.497 e. The summed E-state index contributed by atoms with van der Waals surface area (Å²) < 4.78 is 44.6. The number of sulfone groups is 1. The van der Waals surface area contributed by atoms with Crippen molar-refractivity contribution in [1.29, 1.82) is 0 Å². The SMILES string of the molecule is COc1ccc(S(=O)(=O)C2CCN(C(=O)CCc3c(F)cccc3Cl)CC2)cc1. The van der Waals surface area contributed by atoms with E-state index in [0.717, 1.165) is 0 Å². The van der Waals surface area contributed by atoms with Crippen LogP contribution in [-0.2, 0) is 21.1 Å². The Labute approximate surface area is 175 Å². The summed E-state index contributed by atoms with van der Waals surface area (Å²) in [5.74, 6) is 0.0542. The second-order valence-corrected chi connectivity index (χ2v) is 9.64. The van der Waals surface area contributed by atoms with Crippen molar-refractivity contribution in [3.63, 3.8) is 0 Å². The van der Waals surface area contributed by atoms with Gasteiger partial charge in [0, 0.05) is 30.1 Å².